The maximum Gasteiger partial charge on any atom is 0.259 e. The molecule has 0 unspecified atom stereocenters. The minimum atomic E-state index is -0.415. The predicted octanol–water partition coefficient (Wildman–Crippen LogP) is 3.76. The van der Waals surface area contributed by atoms with E-state index in [0.29, 0.717) is 41.1 Å². The van der Waals surface area contributed by atoms with Crippen molar-refractivity contribution in [2.75, 3.05) is 12.3 Å². The highest BCUT2D eigenvalue weighted by Gasteiger charge is 2.35. The van der Waals surface area contributed by atoms with Crippen molar-refractivity contribution in [2.24, 2.45) is 4.99 Å². The Morgan fingerprint density at radius 1 is 1.00 bits per heavy atom. The molecule has 7 nitrogen and oxygen atoms in total. The van der Waals surface area contributed by atoms with Gasteiger partial charge in [0.05, 0.1) is 34.1 Å². The zero-order chi connectivity index (χ0) is 22.2. The van der Waals surface area contributed by atoms with Gasteiger partial charge in [-0.3, -0.25) is 14.9 Å². The highest BCUT2D eigenvalue weighted by molar-refractivity contribution is 7.78. The second-order valence-corrected chi connectivity index (χ2v) is 7.77. The summed E-state index contributed by atoms with van der Waals surface area (Å²) >= 11 is 4.64. The number of rotatable bonds is 6. The number of hydrogen-bond acceptors (Lipinski definition) is 5. The lowest BCUT2D eigenvalue weighted by molar-refractivity contribution is -0.122. The number of amides is 2. The second-order valence-electron chi connectivity index (χ2n) is 7.59. The summed E-state index contributed by atoms with van der Waals surface area (Å²) in [7, 11) is 0. The summed E-state index contributed by atoms with van der Waals surface area (Å²) in [6.07, 6.45) is 4.40. The van der Waals surface area contributed by atoms with Crippen LogP contribution in [0.1, 0.15) is 17.5 Å². The van der Waals surface area contributed by atoms with E-state index in [9.17, 15) is 9.59 Å². The number of nitrogens with one attached hydrogen (secondary N) is 2. The molecule has 1 aliphatic rings. The number of para-hydroxylation sites is 2. The fourth-order valence-electron chi connectivity index (χ4n) is 4.38. The van der Waals surface area contributed by atoms with Gasteiger partial charge < -0.3 is 15.3 Å². The van der Waals surface area contributed by atoms with Gasteiger partial charge in [0.1, 0.15) is 0 Å². The Morgan fingerprint density at radius 3 is 2.56 bits per heavy atom. The Balaban J connectivity index is 1.74. The molecule has 0 fully saturated rings. The molecule has 2 aromatic carbocycles. The van der Waals surface area contributed by atoms with E-state index in [2.05, 4.69) is 32.7 Å². The van der Waals surface area contributed by atoms with E-state index in [-0.39, 0.29) is 0 Å². The average molecular weight is 442 g/mol. The number of anilines is 1. The van der Waals surface area contributed by atoms with Gasteiger partial charge in [-0.1, -0.05) is 30.3 Å². The highest BCUT2D eigenvalue weighted by atomic mass is 32.1. The number of isothiocyanates is 1. The van der Waals surface area contributed by atoms with Crippen molar-refractivity contribution in [1.82, 2.24) is 14.9 Å². The van der Waals surface area contributed by atoms with Gasteiger partial charge in [-0.25, -0.2) is 4.99 Å². The topological polar surface area (TPSA) is 105 Å². The molecule has 0 spiro atoms. The molecule has 3 heterocycles. The number of thiocarbonyl (C=S) groups is 1. The summed E-state index contributed by atoms with van der Waals surface area (Å²) in [5.41, 5.74) is 10.7. The summed E-state index contributed by atoms with van der Waals surface area (Å²) in [6.45, 7) is 1.18. The number of fused-ring (bicyclic) bond motifs is 2. The van der Waals surface area contributed by atoms with E-state index in [4.69, 9.17) is 5.73 Å². The summed E-state index contributed by atoms with van der Waals surface area (Å²) < 4.78 is 2.01. The van der Waals surface area contributed by atoms with Crippen molar-refractivity contribution in [1.29, 1.82) is 0 Å². The fraction of sp³-hybridized carbons (Fsp3) is 0.125. The van der Waals surface area contributed by atoms with E-state index >= 15 is 0 Å². The number of H-pyrrole nitrogens is 1. The number of carbonyl (C=O) groups is 2. The van der Waals surface area contributed by atoms with E-state index in [0.717, 1.165) is 28.2 Å². The first-order valence-corrected chi connectivity index (χ1v) is 10.6. The van der Waals surface area contributed by atoms with Crippen molar-refractivity contribution in [3.63, 3.8) is 0 Å². The summed E-state index contributed by atoms with van der Waals surface area (Å²) in [5, 5.41) is 6.55. The predicted molar refractivity (Wildman–Crippen MR) is 129 cm³/mol. The van der Waals surface area contributed by atoms with E-state index < -0.39 is 11.8 Å². The maximum atomic E-state index is 13.0. The molecular formula is C24H19N5O2S. The number of benzene rings is 2. The van der Waals surface area contributed by atoms with Gasteiger partial charge in [0.2, 0.25) is 0 Å². The molecule has 5 rings (SSSR count). The van der Waals surface area contributed by atoms with Crippen molar-refractivity contribution in [3.05, 3.63) is 66.0 Å². The molecule has 0 aliphatic carbocycles. The Labute approximate surface area is 188 Å². The van der Waals surface area contributed by atoms with E-state index in [1.807, 2.05) is 53.2 Å². The number of aromatic amines is 1. The zero-order valence-electron chi connectivity index (χ0n) is 17.0. The molecule has 32 heavy (non-hydrogen) atoms. The van der Waals surface area contributed by atoms with Crippen LogP contribution in [0.25, 0.3) is 33.0 Å². The first-order chi connectivity index (χ1) is 15.6. The molecule has 8 heteroatoms. The van der Waals surface area contributed by atoms with E-state index in [1.54, 1.807) is 6.20 Å². The van der Waals surface area contributed by atoms with Crippen LogP contribution in [0.5, 0.6) is 0 Å². The standard InChI is InChI=1S/C24H19N5O2S/c25-18-7-3-6-15-17(12-29(22(15)18)10-4-9-26-13-32)21-20(23(30)28-24(21)31)16-11-27-19-8-2-1-5-14(16)19/h1-3,5-8,11-12,27H,4,9-10,25H2,(H,28,30,31). The van der Waals surface area contributed by atoms with Crippen molar-refractivity contribution in [2.45, 2.75) is 13.0 Å². The molecule has 0 bridgehead atoms. The number of aryl methyl sites for hydroxylation is 1. The number of aromatic nitrogens is 2. The Kier molecular flexibility index (Phi) is 4.93. The molecule has 0 radical (unpaired) electrons. The highest BCUT2D eigenvalue weighted by Crippen LogP contribution is 2.39. The quantitative estimate of drug-likeness (QED) is 0.139. The third-order valence-corrected chi connectivity index (χ3v) is 5.85. The van der Waals surface area contributed by atoms with Crippen LogP contribution in [0.4, 0.5) is 5.69 Å². The molecule has 1 aliphatic heterocycles. The normalized spacial score (nSPS) is 13.8. The Bertz CT molecular complexity index is 1490. The van der Waals surface area contributed by atoms with Gasteiger partial charge in [-0.15, -0.1) is 0 Å². The number of hydrogen-bond donors (Lipinski definition) is 3. The van der Waals surface area contributed by atoms with Crippen molar-refractivity contribution in [3.8, 4) is 0 Å². The lowest BCUT2D eigenvalue weighted by Gasteiger charge is -2.05. The molecule has 4 N–H and O–H groups in total. The van der Waals surface area contributed by atoms with Crippen LogP contribution < -0.4 is 11.1 Å². The van der Waals surface area contributed by atoms with Crippen LogP contribution in [-0.4, -0.2) is 33.1 Å². The average Bonchev–Trinajstić information content (AvgIpc) is 3.45. The zero-order valence-corrected chi connectivity index (χ0v) is 17.8. The van der Waals surface area contributed by atoms with Crippen LogP contribution in [0, 0.1) is 0 Å². The summed E-state index contributed by atoms with van der Waals surface area (Å²) in [5.74, 6) is -0.822. The molecular weight excluding hydrogens is 422 g/mol. The summed E-state index contributed by atoms with van der Waals surface area (Å²) in [4.78, 5) is 33.0. The van der Waals surface area contributed by atoms with Crippen LogP contribution >= 0.6 is 12.2 Å². The lowest BCUT2D eigenvalue weighted by Crippen LogP contribution is -2.22. The minimum Gasteiger partial charge on any atom is -0.397 e. The Morgan fingerprint density at radius 2 is 1.75 bits per heavy atom. The molecule has 0 saturated heterocycles. The largest absolute Gasteiger partial charge is 0.397 e. The molecule has 4 aromatic rings. The van der Waals surface area contributed by atoms with Crippen LogP contribution in [0.15, 0.2) is 59.9 Å². The molecule has 2 amide bonds. The molecule has 0 saturated carbocycles. The molecule has 158 valence electrons. The number of nitrogens with zero attached hydrogens (tertiary/aromatic N) is 2. The van der Waals surface area contributed by atoms with Crippen molar-refractivity contribution < 1.29 is 9.59 Å². The SMILES string of the molecule is Nc1cccc2c(C3=C(c4c[nH]c5ccccc45)C(=O)NC3=O)cn(CCCN=C=S)c12. The summed E-state index contributed by atoms with van der Waals surface area (Å²) in [6, 6.07) is 13.3. The van der Waals surface area contributed by atoms with Gasteiger partial charge >= 0.3 is 0 Å². The number of nitrogens with two attached hydrogens (primary N) is 1. The van der Waals surface area contributed by atoms with Gasteiger partial charge in [-0.05, 0) is 30.8 Å². The third kappa shape index (κ3) is 3.13. The van der Waals surface area contributed by atoms with Gasteiger partial charge in [0.25, 0.3) is 11.8 Å². The van der Waals surface area contributed by atoms with Gasteiger partial charge in [-0.2, -0.15) is 0 Å². The number of carbonyl (C=O) groups excluding carboxylic acids is 2. The van der Waals surface area contributed by atoms with Crippen LogP contribution in [0.3, 0.4) is 0 Å². The molecule has 0 atom stereocenters. The third-order valence-electron chi connectivity index (χ3n) is 5.72. The monoisotopic (exact) mass is 441 g/mol. The van der Waals surface area contributed by atoms with Crippen LogP contribution in [0.2, 0.25) is 0 Å². The number of imide groups is 1. The van der Waals surface area contributed by atoms with Gasteiger partial charge in [0, 0.05) is 46.4 Å². The number of nitrogen functional groups attached to an aromatic ring is 1. The number of aliphatic imine (C=N–C) groups is 1. The molecule has 2 aromatic heterocycles. The fourth-order valence-corrected chi connectivity index (χ4v) is 4.47. The smallest absolute Gasteiger partial charge is 0.259 e. The minimum absolute atomic E-state index is 0.353. The second kappa shape index (κ2) is 7.92. The first kappa shape index (κ1) is 19.9. The maximum absolute atomic E-state index is 13.0. The Hall–Kier alpha value is -4.00. The van der Waals surface area contributed by atoms with Crippen LogP contribution in [-0.2, 0) is 16.1 Å². The van der Waals surface area contributed by atoms with Crippen molar-refractivity contribution >= 4 is 67.8 Å². The first-order valence-electron chi connectivity index (χ1n) is 10.2. The van der Waals surface area contributed by atoms with E-state index in [1.165, 1.54) is 0 Å². The lowest BCUT2D eigenvalue weighted by atomic mass is 9.95. The van der Waals surface area contributed by atoms with Gasteiger partial charge in [0.15, 0.2) is 0 Å².